The summed E-state index contributed by atoms with van der Waals surface area (Å²) in [5.74, 6) is -0.289. The van der Waals surface area contributed by atoms with Crippen molar-refractivity contribution in [2.45, 2.75) is 45.5 Å². The Morgan fingerprint density at radius 1 is 1.32 bits per heavy atom. The number of benzene rings is 1. The van der Waals surface area contributed by atoms with Gasteiger partial charge in [0.1, 0.15) is 16.4 Å². The molecule has 9 nitrogen and oxygen atoms in total. The maximum absolute atomic E-state index is 13.3. The number of nitrogens with one attached hydrogen (secondary N) is 1. The smallest absolute Gasteiger partial charge is 0.350 e. The van der Waals surface area contributed by atoms with Crippen molar-refractivity contribution >= 4 is 51.7 Å². The van der Waals surface area contributed by atoms with Crippen molar-refractivity contribution in [2.24, 2.45) is 0 Å². The highest BCUT2D eigenvalue weighted by molar-refractivity contribution is 7.99. The number of carbonyl (C=O) groups is 2. The summed E-state index contributed by atoms with van der Waals surface area (Å²) in [5, 5.41) is 12.1. The molecule has 34 heavy (non-hydrogen) atoms. The van der Waals surface area contributed by atoms with Crippen LogP contribution in [0.3, 0.4) is 0 Å². The molecule has 3 rings (SSSR count). The van der Waals surface area contributed by atoms with E-state index in [-0.39, 0.29) is 23.3 Å². The van der Waals surface area contributed by atoms with Crippen LogP contribution >= 0.6 is 34.7 Å². The summed E-state index contributed by atoms with van der Waals surface area (Å²) in [7, 11) is 0. The minimum absolute atomic E-state index is 0.0600. The van der Waals surface area contributed by atoms with Crippen molar-refractivity contribution in [2.75, 3.05) is 17.7 Å². The van der Waals surface area contributed by atoms with Crippen molar-refractivity contribution in [3.63, 3.8) is 0 Å². The number of anilines is 1. The highest BCUT2D eigenvalue weighted by Crippen LogP contribution is 2.30. The SMILES string of the molecule is CCOC(=O)c1sc(NC(=O)CSc2nnc(C(C)Oc3ccc(F)cc3Cl)n2CC)nc1C. The normalized spacial score (nSPS) is 11.8. The van der Waals surface area contributed by atoms with Crippen LogP contribution in [0.5, 0.6) is 5.75 Å². The zero-order chi connectivity index (χ0) is 24.8. The molecular weight excluding hydrogens is 505 g/mol. The van der Waals surface area contributed by atoms with Crippen molar-refractivity contribution in [1.82, 2.24) is 19.7 Å². The molecule has 1 aromatic carbocycles. The van der Waals surface area contributed by atoms with Gasteiger partial charge in [0.25, 0.3) is 0 Å². The fourth-order valence-electron chi connectivity index (χ4n) is 2.94. The third kappa shape index (κ3) is 6.24. The molecule has 1 amide bonds. The van der Waals surface area contributed by atoms with E-state index in [0.717, 1.165) is 11.3 Å². The summed E-state index contributed by atoms with van der Waals surface area (Å²) in [5.41, 5.74) is 0.497. The predicted molar refractivity (Wildman–Crippen MR) is 128 cm³/mol. The summed E-state index contributed by atoms with van der Waals surface area (Å²) >= 11 is 8.32. The van der Waals surface area contributed by atoms with Gasteiger partial charge in [-0.05, 0) is 45.9 Å². The number of amides is 1. The fraction of sp³-hybridized carbons (Fsp3) is 0.381. The Morgan fingerprint density at radius 3 is 2.76 bits per heavy atom. The first kappa shape index (κ1) is 25.9. The number of ether oxygens (including phenoxy) is 2. The van der Waals surface area contributed by atoms with Gasteiger partial charge in [0.15, 0.2) is 22.2 Å². The van der Waals surface area contributed by atoms with E-state index in [4.69, 9.17) is 21.1 Å². The minimum atomic E-state index is -0.516. The van der Waals surface area contributed by atoms with Gasteiger partial charge in [0.05, 0.1) is 23.1 Å². The van der Waals surface area contributed by atoms with Crippen LogP contribution in [0.1, 0.15) is 48.1 Å². The average molecular weight is 528 g/mol. The Hall–Kier alpha value is -2.70. The lowest BCUT2D eigenvalue weighted by Crippen LogP contribution is -2.15. The molecule has 0 fully saturated rings. The second-order valence-corrected chi connectivity index (χ2v) is 9.26. The number of halogens is 2. The molecule has 1 unspecified atom stereocenters. The molecule has 1 N–H and O–H groups in total. The van der Waals surface area contributed by atoms with Gasteiger partial charge in [-0.2, -0.15) is 0 Å². The van der Waals surface area contributed by atoms with E-state index in [1.54, 1.807) is 20.8 Å². The van der Waals surface area contributed by atoms with Crippen molar-refractivity contribution < 1.29 is 23.5 Å². The standard InChI is InChI=1S/C21H23ClFN5O4S2/c1-5-28-18(12(4)32-15-8-7-13(23)9-14(15)22)26-27-21(28)33-10-16(29)25-20-24-11(3)17(34-20)19(30)31-6-2/h7-9,12H,5-6,10H2,1-4H3,(H,24,25,29). The molecule has 2 aromatic heterocycles. The maximum Gasteiger partial charge on any atom is 0.350 e. The highest BCUT2D eigenvalue weighted by atomic mass is 35.5. The third-order valence-corrected chi connectivity index (χ3v) is 6.77. The monoisotopic (exact) mass is 527 g/mol. The van der Waals surface area contributed by atoms with E-state index in [2.05, 4.69) is 20.5 Å². The lowest BCUT2D eigenvalue weighted by Gasteiger charge is -2.16. The van der Waals surface area contributed by atoms with Gasteiger partial charge < -0.3 is 19.4 Å². The molecule has 0 spiro atoms. The third-order valence-electron chi connectivity index (χ3n) is 4.46. The summed E-state index contributed by atoms with van der Waals surface area (Å²) in [4.78, 5) is 28.9. The fourth-order valence-corrected chi connectivity index (χ4v) is 4.84. The van der Waals surface area contributed by atoms with Gasteiger partial charge in [-0.3, -0.25) is 4.79 Å². The first-order valence-electron chi connectivity index (χ1n) is 10.3. The molecule has 0 bridgehead atoms. The summed E-state index contributed by atoms with van der Waals surface area (Å²) in [6.07, 6.45) is -0.516. The summed E-state index contributed by atoms with van der Waals surface area (Å²) in [6.45, 7) is 7.91. The number of rotatable bonds is 10. The van der Waals surface area contributed by atoms with Gasteiger partial charge >= 0.3 is 5.97 Å². The first-order chi connectivity index (χ1) is 16.2. The van der Waals surface area contributed by atoms with Crippen molar-refractivity contribution in [1.29, 1.82) is 0 Å². The molecule has 0 saturated carbocycles. The summed E-state index contributed by atoms with van der Waals surface area (Å²) in [6, 6.07) is 3.89. The lowest BCUT2D eigenvalue weighted by atomic mass is 10.3. The molecular formula is C21H23ClFN5O4S2. The average Bonchev–Trinajstić information content (AvgIpc) is 3.37. The number of aryl methyl sites for hydroxylation is 1. The Kier molecular flexibility index (Phi) is 8.86. The number of thiazole rings is 1. The van der Waals surface area contributed by atoms with E-state index in [0.29, 0.717) is 39.0 Å². The predicted octanol–water partition coefficient (Wildman–Crippen LogP) is 4.90. The molecule has 13 heteroatoms. The van der Waals surface area contributed by atoms with E-state index in [1.165, 1.54) is 30.0 Å². The second kappa shape index (κ2) is 11.6. The molecule has 3 aromatic rings. The van der Waals surface area contributed by atoms with Gasteiger partial charge in [-0.25, -0.2) is 14.2 Å². The van der Waals surface area contributed by atoms with Gasteiger partial charge in [-0.1, -0.05) is 34.7 Å². The van der Waals surface area contributed by atoms with Crippen LogP contribution in [0.15, 0.2) is 23.4 Å². The van der Waals surface area contributed by atoms with Crippen LogP contribution in [0.2, 0.25) is 5.02 Å². The molecule has 0 saturated heterocycles. The van der Waals surface area contributed by atoms with E-state index in [1.807, 2.05) is 11.5 Å². The van der Waals surface area contributed by atoms with Crippen LogP contribution in [0.4, 0.5) is 9.52 Å². The largest absolute Gasteiger partial charge is 0.481 e. The van der Waals surface area contributed by atoms with Gasteiger partial charge in [-0.15, -0.1) is 10.2 Å². The molecule has 0 aliphatic heterocycles. The van der Waals surface area contributed by atoms with Gasteiger partial charge in [0, 0.05) is 6.54 Å². The Bertz CT molecular complexity index is 1190. The van der Waals surface area contributed by atoms with Crippen LogP contribution in [0, 0.1) is 12.7 Å². The number of esters is 1. The molecule has 0 radical (unpaired) electrons. The van der Waals surface area contributed by atoms with Gasteiger partial charge in [0.2, 0.25) is 5.91 Å². The van der Waals surface area contributed by atoms with Crippen LogP contribution < -0.4 is 10.1 Å². The van der Waals surface area contributed by atoms with Crippen LogP contribution in [0.25, 0.3) is 0 Å². The van der Waals surface area contributed by atoms with E-state index >= 15 is 0 Å². The van der Waals surface area contributed by atoms with Crippen LogP contribution in [-0.2, 0) is 16.1 Å². The number of hydrogen-bond donors (Lipinski definition) is 1. The zero-order valence-corrected chi connectivity index (χ0v) is 21.3. The minimum Gasteiger partial charge on any atom is -0.481 e. The Balaban J connectivity index is 1.62. The number of aromatic nitrogens is 4. The van der Waals surface area contributed by atoms with E-state index in [9.17, 15) is 14.0 Å². The maximum atomic E-state index is 13.3. The molecule has 0 aliphatic carbocycles. The number of hydrogen-bond acceptors (Lipinski definition) is 9. The first-order valence-corrected chi connectivity index (χ1v) is 12.5. The zero-order valence-electron chi connectivity index (χ0n) is 18.9. The molecule has 182 valence electrons. The Labute approximate surface area is 209 Å². The lowest BCUT2D eigenvalue weighted by molar-refractivity contribution is -0.113. The molecule has 2 heterocycles. The quantitative estimate of drug-likeness (QED) is 0.293. The highest BCUT2D eigenvalue weighted by Gasteiger charge is 2.21. The molecule has 0 aliphatic rings. The van der Waals surface area contributed by atoms with Crippen molar-refractivity contribution in [3.8, 4) is 5.75 Å². The van der Waals surface area contributed by atoms with Crippen molar-refractivity contribution in [3.05, 3.63) is 45.4 Å². The summed E-state index contributed by atoms with van der Waals surface area (Å²) < 4.78 is 25.9. The number of nitrogens with zero attached hydrogens (tertiary/aromatic N) is 4. The topological polar surface area (TPSA) is 108 Å². The molecule has 1 atom stereocenters. The number of carbonyl (C=O) groups excluding carboxylic acids is 2. The van der Waals surface area contributed by atoms with E-state index < -0.39 is 17.9 Å². The second-order valence-electron chi connectivity index (χ2n) is 6.91. The van der Waals surface area contributed by atoms with Crippen LogP contribution in [-0.4, -0.2) is 44.0 Å². The Morgan fingerprint density at radius 2 is 2.09 bits per heavy atom. The number of thioether (sulfide) groups is 1.